The molecule has 0 radical (unpaired) electrons. The van der Waals surface area contributed by atoms with Gasteiger partial charge >= 0.3 is 0 Å². The molecule has 0 spiro atoms. The summed E-state index contributed by atoms with van der Waals surface area (Å²) in [6, 6.07) is 34.2. The van der Waals surface area contributed by atoms with E-state index in [0.29, 0.717) is 0 Å². The molecule has 0 amide bonds. The standard InChI is InChI=1S/C34H36/c1-33(2,3)26-18-17-25-19-29-30(28(25)20-26)21-27(34(4,5)6)22-31(29)32(23-13-9-7-10-14-23)24-15-11-8-12-16-24/h7-18,20-22,32H,19H2,1-6H3. The van der Waals surface area contributed by atoms with Gasteiger partial charge in [-0.3, -0.25) is 0 Å². The molecule has 0 aromatic heterocycles. The van der Waals surface area contributed by atoms with Crippen molar-refractivity contribution < 1.29 is 0 Å². The summed E-state index contributed by atoms with van der Waals surface area (Å²) < 4.78 is 0. The van der Waals surface area contributed by atoms with E-state index in [9.17, 15) is 0 Å². The summed E-state index contributed by atoms with van der Waals surface area (Å²) in [5.41, 5.74) is 13.0. The zero-order chi connectivity index (χ0) is 24.1. The summed E-state index contributed by atoms with van der Waals surface area (Å²) in [5.74, 6) is 0.217. The van der Waals surface area contributed by atoms with Crippen LogP contribution in [-0.4, -0.2) is 0 Å². The fourth-order valence-corrected chi connectivity index (χ4v) is 5.30. The molecule has 0 unspecified atom stereocenters. The molecule has 0 fully saturated rings. The van der Waals surface area contributed by atoms with E-state index in [1.54, 1.807) is 0 Å². The van der Waals surface area contributed by atoms with Gasteiger partial charge in [0.1, 0.15) is 0 Å². The average Bonchev–Trinajstić information content (AvgIpc) is 3.18. The van der Waals surface area contributed by atoms with Gasteiger partial charge in [-0.2, -0.15) is 0 Å². The van der Waals surface area contributed by atoms with Crippen molar-refractivity contribution in [2.45, 2.75) is 64.7 Å². The highest BCUT2D eigenvalue weighted by Crippen LogP contribution is 2.46. The molecule has 5 rings (SSSR count). The Morgan fingerprint density at radius 2 is 1.09 bits per heavy atom. The molecule has 1 aliphatic rings. The molecule has 0 saturated carbocycles. The maximum atomic E-state index is 2.50. The molecule has 0 aliphatic heterocycles. The van der Waals surface area contributed by atoms with Gasteiger partial charge in [-0.25, -0.2) is 0 Å². The van der Waals surface area contributed by atoms with Crippen LogP contribution in [0.1, 0.15) is 86.4 Å². The second-order valence-electron chi connectivity index (χ2n) is 11.9. The minimum atomic E-state index is 0.0755. The van der Waals surface area contributed by atoms with Crippen LogP contribution in [0.15, 0.2) is 91.0 Å². The maximum absolute atomic E-state index is 2.50. The van der Waals surface area contributed by atoms with Gasteiger partial charge in [0.25, 0.3) is 0 Å². The molecular weight excluding hydrogens is 408 g/mol. The molecule has 172 valence electrons. The first-order valence-corrected chi connectivity index (χ1v) is 12.5. The molecule has 0 heteroatoms. The lowest BCUT2D eigenvalue weighted by Gasteiger charge is -2.27. The van der Waals surface area contributed by atoms with E-state index in [1.165, 1.54) is 50.1 Å². The van der Waals surface area contributed by atoms with Gasteiger partial charge in [0, 0.05) is 5.92 Å². The average molecular weight is 445 g/mol. The quantitative estimate of drug-likeness (QED) is 0.243. The third-order valence-corrected chi connectivity index (χ3v) is 7.36. The van der Waals surface area contributed by atoms with E-state index in [-0.39, 0.29) is 16.7 Å². The van der Waals surface area contributed by atoms with Crippen LogP contribution in [0.4, 0.5) is 0 Å². The Balaban J connectivity index is 1.79. The second kappa shape index (κ2) is 8.27. The molecule has 0 heterocycles. The summed E-state index contributed by atoms with van der Waals surface area (Å²) in [6.45, 7) is 13.9. The monoisotopic (exact) mass is 444 g/mol. The summed E-state index contributed by atoms with van der Waals surface area (Å²) in [7, 11) is 0. The van der Waals surface area contributed by atoms with Gasteiger partial charge in [0.05, 0.1) is 0 Å². The largest absolute Gasteiger partial charge is 0.0622 e. The lowest BCUT2D eigenvalue weighted by molar-refractivity contribution is 0.588. The van der Waals surface area contributed by atoms with E-state index < -0.39 is 0 Å². The summed E-state index contributed by atoms with van der Waals surface area (Å²) in [5, 5.41) is 0. The van der Waals surface area contributed by atoms with Crippen molar-refractivity contribution in [3.63, 3.8) is 0 Å². The van der Waals surface area contributed by atoms with E-state index >= 15 is 0 Å². The van der Waals surface area contributed by atoms with Gasteiger partial charge in [-0.1, -0.05) is 133 Å². The highest BCUT2D eigenvalue weighted by atomic mass is 14.3. The first-order chi connectivity index (χ1) is 16.1. The van der Waals surface area contributed by atoms with Gasteiger partial charge in [-0.15, -0.1) is 0 Å². The van der Waals surface area contributed by atoms with Crippen LogP contribution >= 0.6 is 0 Å². The highest BCUT2D eigenvalue weighted by molar-refractivity contribution is 5.80. The Morgan fingerprint density at radius 1 is 0.559 bits per heavy atom. The fourth-order valence-electron chi connectivity index (χ4n) is 5.30. The van der Waals surface area contributed by atoms with Crippen molar-refractivity contribution in [3.05, 3.63) is 130 Å². The summed E-state index contributed by atoms with van der Waals surface area (Å²) in [4.78, 5) is 0. The maximum Gasteiger partial charge on any atom is 0.0343 e. The van der Waals surface area contributed by atoms with Crippen LogP contribution in [0.2, 0.25) is 0 Å². The minimum absolute atomic E-state index is 0.0755. The van der Waals surface area contributed by atoms with E-state index in [2.05, 4.69) is 133 Å². The number of benzene rings is 4. The molecular formula is C34H36. The Bertz CT molecular complexity index is 1270. The summed E-state index contributed by atoms with van der Waals surface area (Å²) in [6.07, 6.45) is 1.00. The highest BCUT2D eigenvalue weighted by Gasteiger charge is 2.30. The molecule has 34 heavy (non-hydrogen) atoms. The number of fused-ring (bicyclic) bond motifs is 3. The molecule has 0 nitrogen and oxygen atoms in total. The minimum Gasteiger partial charge on any atom is -0.0622 e. The normalized spacial score (nSPS) is 13.1. The number of rotatable bonds is 3. The van der Waals surface area contributed by atoms with Gasteiger partial charge in [-0.05, 0) is 67.3 Å². The molecule has 0 atom stereocenters. The Kier molecular flexibility index (Phi) is 5.52. The molecule has 4 aromatic carbocycles. The van der Waals surface area contributed by atoms with Gasteiger partial charge < -0.3 is 0 Å². The number of hydrogen-bond acceptors (Lipinski definition) is 0. The van der Waals surface area contributed by atoms with Gasteiger partial charge in [0.15, 0.2) is 0 Å². The van der Waals surface area contributed by atoms with Crippen LogP contribution in [0, 0.1) is 0 Å². The van der Waals surface area contributed by atoms with E-state index in [0.717, 1.165) is 6.42 Å². The Hall–Kier alpha value is -3.12. The van der Waals surface area contributed by atoms with Crippen LogP contribution in [-0.2, 0) is 17.3 Å². The van der Waals surface area contributed by atoms with Crippen molar-refractivity contribution in [1.29, 1.82) is 0 Å². The zero-order valence-corrected chi connectivity index (χ0v) is 21.4. The number of hydrogen-bond donors (Lipinski definition) is 0. The van der Waals surface area contributed by atoms with Crippen LogP contribution in [0.25, 0.3) is 11.1 Å². The Labute approximate surface area is 205 Å². The fraction of sp³-hybridized carbons (Fsp3) is 0.294. The molecule has 1 aliphatic carbocycles. The van der Waals surface area contributed by atoms with Crippen molar-refractivity contribution >= 4 is 0 Å². The van der Waals surface area contributed by atoms with Crippen molar-refractivity contribution in [2.24, 2.45) is 0 Å². The molecule has 4 aromatic rings. The second-order valence-corrected chi connectivity index (χ2v) is 11.9. The SMILES string of the molecule is CC(C)(C)c1ccc2c(c1)-c1cc(C(C)(C)C)cc(C(c3ccccc3)c3ccccc3)c1C2. The van der Waals surface area contributed by atoms with Crippen LogP contribution in [0.3, 0.4) is 0 Å². The van der Waals surface area contributed by atoms with Crippen LogP contribution < -0.4 is 0 Å². The predicted molar refractivity (Wildman–Crippen MR) is 146 cm³/mol. The topological polar surface area (TPSA) is 0 Å². The smallest absolute Gasteiger partial charge is 0.0343 e. The molecule has 0 bridgehead atoms. The first kappa shape index (κ1) is 22.7. The van der Waals surface area contributed by atoms with Crippen molar-refractivity contribution in [1.82, 2.24) is 0 Å². The predicted octanol–water partition coefficient (Wildman–Crippen LogP) is 9.03. The van der Waals surface area contributed by atoms with Crippen molar-refractivity contribution in [2.75, 3.05) is 0 Å². The van der Waals surface area contributed by atoms with E-state index in [1.807, 2.05) is 0 Å². The molecule has 0 N–H and O–H groups in total. The lowest BCUT2D eigenvalue weighted by atomic mass is 9.77. The van der Waals surface area contributed by atoms with Crippen molar-refractivity contribution in [3.8, 4) is 11.1 Å². The van der Waals surface area contributed by atoms with Gasteiger partial charge in [0.2, 0.25) is 0 Å². The molecule has 0 saturated heterocycles. The summed E-state index contributed by atoms with van der Waals surface area (Å²) >= 11 is 0. The third-order valence-electron chi connectivity index (χ3n) is 7.36. The third kappa shape index (κ3) is 4.11. The Morgan fingerprint density at radius 3 is 1.62 bits per heavy atom. The first-order valence-electron chi connectivity index (χ1n) is 12.5. The van der Waals surface area contributed by atoms with E-state index in [4.69, 9.17) is 0 Å². The lowest BCUT2D eigenvalue weighted by Crippen LogP contribution is -2.14. The zero-order valence-electron chi connectivity index (χ0n) is 21.4. The van der Waals surface area contributed by atoms with Crippen LogP contribution in [0.5, 0.6) is 0 Å².